The maximum atomic E-state index is 4.37. The molecule has 1 unspecified atom stereocenters. The minimum Gasteiger partial charge on any atom is -0.292 e. The molecule has 0 amide bonds. The van der Waals surface area contributed by atoms with Crippen molar-refractivity contribution in [3.63, 3.8) is 0 Å². The van der Waals surface area contributed by atoms with Crippen LogP contribution < -0.4 is 0 Å². The molecule has 1 aliphatic rings. The standard InChI is InChI=1S/C11H13N.2C2H6/c1-9-6-10-4-2-3-5-11(10)8-12-7-9;2*1-2/h2-5,8-9H,6-7H2,1H3;2*1-2H3. The molecule has 0 fully saturated rings. The van der Waals surface area contributed by atoms with Gasteiger partial charge in [0.05, 0.1) is 0 Å². The Balaban J connectivity index is 0.000000509. The SMILES string of the molecule is CC.CC.CC1CN=Cc2ccccc2C1. The first kappa shape index (κ1) is 14.9. The molecule has 0 saturated heterocycles. The van der Waals surface area contributed by atoms with Gasteiger partial charge in [0.2, 0.25) is 0 Å². The number of fused-ring (bicyclic) bond motifs is 1. The van der Waals surface area contributed by atoms with Crippen LogP contribution in [0.1, 0.15) is 45.7 Å². The third kappa shape index (κ3) is 4.61. The van der Waals surface area contributed by atoms with Gasteiger partial charge in [-0.1, -0.05) is 58.9 Å². The van der Waals surface area contributed by atoms with Gasteiger partial charge in [-0.2, -0.15) is 0 Å². The number of nitrogens with zero attached hydrogens (tertiary/aromatic N) is 1. The van der Waals surface area contributed by atoms with Crippen molar-refractivity contribution >= 4 is 6.21 Å². The molecule has 0 spiro atoms. The monoisotopic (exact) mass is 219 g/mol. The lowest BCUT2D eigenvalue weighted by molar-refractivity contribution is 0.600. The maximum Gasteiger partial charge on any atom is 0.0418 e. The van der Waals surface area contributed by atoms with Crippen LogP contribution in [0.3, 0.4) is 0 Å². The summed E-state index contributed by atoms with van der Waals surface area (Å²) < 4.78 is 0. The second-order valence-electron chi connectivity index (χ2n) is 3.50. The summed E-state index contributed by atoms with van der Waals surface area (Å²) >= 11 is 0. The predicted molar refractivity (Wildman–Crippen MR) is 74.5 cm³/mol. The molecule has 0 bridgehead atoms. The summed E-state index contributed by atoms with van der Waals surface area (Å²) in [6.07, 6.45) is 3.16. The number of benzene rings is 1. The lowest BCUT2D eigenvalue weighted by Crippen LogP contribution is -2.01. The lowest BCUT2D eigenvalue weighted by atomic mass is 9.99. The van der Waals surface area contributed by atoms with Crippen LogP contribution >= 0.6 is 0 Å². The molecular formula is C15H25N. The third-order valence-electron chi connectivity index (χ3n) is 2.27. The molecule has 1 heteroatoms. The number of aliphatic imine (C=N–C) groups is 1. The molecule has 1 aromatic carbocycles. The zero-order valence-corrected chi connectivity index (χ0v) is 11.3. The summed E-state index contributed by atoms with van der Waals surface area (Å²) in [5, 5.41) is 0. The van der Waals surface area contributed by atoms with Crippen LogP contribution in [0.2, 0.25) is 0 Å². The Kier molecular flexibility index (Phi) is 8.51. The second kappa shape index (κ2) is 9.14. The Morgan fingerprint density at radius 1 is 1.06 bits per heavy atom. The minimum absolute atomic E-state index is 0.685. The van der Waals surface area contributed by atoms with E-state index >= 15 is 0 Å². The van der Waals surface area contributed by atoms with E-state index in [1.165, 1.54) is 11.1 Å². The van der Waals surface area contributed by atoms with Crippen molar-refractivity contribution in [2.45, 2.75) is 41.0 Å². The molecule has 1 aliphatic heterocycles. The van der Waals surface area contributed by atoms with E-state index in [1.54, 1.807) is 0 Å². The van der Waals surface area contributed by atoms with Crippen LogP contribution in [-0.4, -0.2) is 12.8 Å². The topological polar surface area (TPSA) is 12.4 Å². The first-order valence-corrected chi connectivity index (χ1v) is 6.44. The summed E-state index contributed by atoms with van der Waals surface area (Å²) in [7, 11) is 0. The summed E-state index contributed by atoms with van der Waals surface area (Å²) in [6.45, 7) is 11.2. The molecule has 0 aromatic heterocycles. The molecule has 2 rings (SSSR count). The molecule has 0 aliphatic carbocycles. The Morgan fingerprint density at radius 2 is 1.69 bits per heavy atom. The first-order chi connectivity index (χ1) is 7.86. The summed E-state index contributed by atoms with van der Waals surface area (Å²) in [4.78, 5) is 4.37. The smallest absolute Gasteiger partial charge is 0.0418 e. The number of hydrogen-bond donors (Lipinski definition) is 0. The van der Waals surface area contributed by atoms with Crippen molar-refractivity contribution in [2.75, 3.05) is 6.54 Å². The van der Waals surface area contributed by atoms with Crippen molar-refractivity contribution in [2.24, 2.45) is 10.9 Å². The van der Waals surface area contributed by atoms with E-state index < -0.39 is 0 Å². The molecule has 90 valence electrons. The lowest BCUT2D eigenvalue weighted by Gasteiger charge is -2.06. The van der Waals surface area contributed by atoms with Crippen LogP contribution in [0.25, 0.3) is 0 Å². The van der Waals surface area contributed by atoms with E-state index in [-0.39, 0.29) is 0 Å². The van der Waals surface area contributed by atoms with E-state index in [0.717, 1.165) is 13.0 Å². The van der Waals surface area contributed by atoms with Gasteiger partial charge in [0.1, 0.15) is 0 Å². The predicted octanol–water partition coefficient (Wildman–Crippen LogP) is 4.35. The van der Waals surface area contributed by atoms with Gasteiger partial charge in [0.25, 0.3) is 0 Å². The molecule has 0 saturated carbocycles. The third-order valence-corrected chi connectivity index (χ3v) is 2.27. The number of hydrogen-bond acceptors (Lipinski definition) is 1. The average Bonchev–Trinajstić information content (AvgIpc) is 2.55. The quantitative estimate of drug-likeness (QED) is 0.615. The zero-order valence-electron chi connectivity index (χ0n) is 11.3. The molecule has 0 N–H and O–H groups in total. The number of rotatable bonds is 0. The van der Waals surface area contributed by atoms with Gasteiger partial charge in [-0.15, -0.1) is 0 Å². The zero-order chi connectivity index (χ0) is 12.4. The molecule has 0 radical (unpaired) electrons. The Labute approximate surface area is 101 Å². The van der Waals surface area contributed by atoms with E-state index in [2.05, 4.69) is 36.2 Å². The van der Waals surface area contributed by atoms with E-state index in [0.29, 0.717) is 5.92 Å². The van der Waals surface area contributed by atoms with E-state index in [9.17, 15) is 0 Å². The Bertz CT molecular complexity index is 302. The Morgan fingerprint density at radius 3 is 2.38 bits per heavy atom. The fourth-order valence-corrected chi connectivity index (χ4v) is 1.62. The van der Waals surface area contributed by atoms with Crippen molar-refractivity contribution in [3.8, 4) is 0 Å². The van der Waals surface area contributed by atoms with E-state index in [1.807, 2.05) is 33.9 Å². The van der Waals surface area contributed by atoms with Gasteiger partial charge in [-0.3, -0.25) is 4.99 Å². The van der Waals surface area contributed by atoms with E-state index in [4.69, 9.17) is 0 Å². The van der Waals surface area contributed by atoms with Crippen molar-refractivity contribution in [3.05, 3.63) is 35.4 Å². The fourth-order valence-electron chi connectivity index (χ4n) is 1.62. The van der Waals surface area contributed by atoms with Gasteiger partial charge in [-0.25, -0.2) is 0 Å². The molecule has 1 atom stereocenters. The van der Waals surface area contributed by atoms with Crippen molar-refractivity contribution in [1.29, 1.82) is 0 Å². The molecule has 1 aromatic rings. The molecular weight excluding hydrogens is 194 g/mol. The Hall–Kier alpha value is -1.11. The van der Waals surface area contributed by atoms with Gasteiger partial charge >= 0.3 is 0 Å². The normalized spacial score (nSPS) is 16.9. The minimum atomic E-state index is 0.685. The first-order valence-electron chi connectivity index (χ1n) is 6.44. The maximum absolute atomic E-state index is 4.37. The highest BCUT2D eigenvalue weighted by Gasteiger charge is 2.08. The highest BCUT2D eigenvalue weighted by atomic mass is 14.7. The largest absolute Gasteiger partial charge is 0.292 e. The van der Waals surface area contributed by atoms with Crippen LogP contribution in [0.5, 0.6) is 0 Å². The van der Waals surface area contributed by atoms with Gasteiger partial charge in [0.15, 0.2) is 0 Å². The van der Waals surface area contributed by atoms with Crippen LogP contribution in [0.15, 0.2) is 29.3 Å². The average molecular weight is 219 g/mol. The summed E-state index contributed by atoms with van der Waals surface area (Å²) in [6, 6.07) is 8.51. The second-order valence-corrected chi connectivity index (χ2v) is 3.50. The highest BCUT2D eigenvalue weighted by Crippen LogP contribution is 2.15. The summed E-state index contributed by atoms with van der Waals surface area (Å²) in [5.74, 6) is 0.685. The molecule has 1 heterocycles. The molecule has 1 nitrogen and oxygen atoms in total. The van der Waals surface area contributed by atoms with Crippen LogP contribution in [0.4, 0.5) is 0 Å². The van der Waals surface area contributed by atoms with Crippen LogP contribution in [0, 0.1) is 5.92 Å². The fraction of sp³-hybridized carbons (Fsp3) is 0.533. The van der Waals surface area contributed by atoms with Gasteiger partial charge in [0, 0.05) is 12.8 Å². The summed E-state index contributed by atoms with van der Waals surface area (Å²) in [5.41, 5.74) is 2.73. The van der Waals surface area contributed by atoms with Crippen LogP contribution in [-0.2, 0) is 6.42 Å². The van der Waals surface area contributed by atoms with Crippen molar-refractivity contribution in [1.82, 2.24) is 0 Å². The highest BCUT2D eigenvalue weighted by molar-refractivity contribution is 5.82. The molecule has 16 heavy (non-hydrogen) atoms. The van der Waals surface area contributed by atoms with Gasteiger partial charge < -0.3 is 0 Å². The van der Waals surface area contributed by atoms with Crippen molar-refractivity contribution < 1.29 is 0 Å². The van der Waals surface area contributed by atoms with Gasteiger partial charge in [-0.05, 0) is 23.5 Å².